The minimum atomic E-state index is -0.0944. The van der Waals surface area contributed by atoms with Crippen LogP contribution in [0.5, 0.6) is 0 Å². The van der Waals surface area contributed by atoms with Crippen LogP contribution in [0.25, 0.3) is 0 Å². The van der Waals surface area contributed by atoms with E-state index in [1.807, 2.05) is 30.3 Å². The Morgan fingerprint density at radius 1 is 0.892 bits per heavy atom. The summed E-state index contributed by atoms with van der Waals surface area (Å²) in [6.45, 7) is 10.8. The second-order valence-electron chi connectivity index (χ2n) is 14.5. The van der Waals surface area contributed by atoms with Crippen LogP contribution in [0, 0.1) is 52.3 Å². The molecule has 37 heavy (non-hydrogen) atoms. The molecule has 0 N–H and O–H groups in total. The van der Waals surface area contributed by atoms with Crippen LogP contribution in [0.15, 0.2) is 30.3 Å². The van der Waals surface area contributed by atoms with Crippen LogP contribution in [0.1, 0.15) is 117 Å². The van der Waals surface area contributed by atoms with Gasteiger partial charge in [0.2, 0.25) is 0 Å². The summed E-state index contributed by atoms with van der Waals surface area (Å²) in [5.74, 6) is 6.13. The van der Waals surface area contributed by atoms with Crippen LogP contribution in [0.4, 0.5) is 0 Å². The third kappa shape index (κ3) is 5.56. The van der Waals surface area contributed by atoms with Crippen molar-refractivity contribution in [2.75, 3.05) is 6.61 Å². The molecule has 0 heterocycles. The van der Waals surface area contributed by atoms with E-state index >= 15 is 0 Å². The van der Waals surface area contributed by atoms with E-state index in [1.165, 1.54) is 83.5 Å². The van der Waals surface area contributed by atoms with Crippen molar-refractivity contribution < 1.29 is 9.53 Å². The van der Waals surface area contributed by atoms with Gasteiger partial charge in [0.05, 0.1) is 13.0 Å². The Morgan fingerprint density at radius 3 is 2.49 bits per heavy atom. The molecule has 2 unspecified atom stereocenters. The Bertz CT molecular complexity index is 894. The molecule has 2 heteroatoms. The van der Waals surface area contributed by atoms with E-state index in [0.717, 1.165) is 41.1 Å². The highest BCUT2D eigenvalue weighted by atomic mass is 16.5. The lowest BCUT2D eigenvalue weighted by Gasteiger charge is -2.61. The summed E-state index contributed by atoms with van der Waals surface area (Å²) in [7, 11) is 0. The van der Waals surface area contributed by atoms with Gasteiger partial charge in [0.15, 0.2) is 0 Å². The van der Waals surface area contributed by atoms with Crippen LogP contribution in [-0.4, -0.2) is 12.6 Å². The molecular formula is C35H54O2. The largest absolute Gasteiger partial charge is 0.465 e. The van der Waals surface area contributed by atoms with Crippen LogP contribution >= 0.6 is 0 Å². The minimum Gasteiger partial charge on any atom is -0.465 e. The molecule has 0 radical (unpaired) electrons. The van der Waals surface area contributed by atoms with Gasteiger partial charge in [-0.2, -0.15) is 0 Å². The molecule has 206 valence electrons. The minimum absolute atomic E-state index is 0.0944. The third-order valence-electron chi connectivity index (χ3n) is 12.4. The van der Waals surface area contributed by atoms with Gasteiger partial charge in [-0.25, -0.2) is 0 Å². The van der Waals surface area contributed by atoms with Crippen LogP contribution < -0.4 is 0 Å². The van der Waals surface area contributed by atoms with Crippen molar-refractivity contribution in [3.8, 4) is 0 Å². The van der Waals surface area contributed by atoms with Gasteiger partial charge >= 0.3 is 5.97 Å². The smallest absolute Gasteiger partial charge is 0.310 e. The van der Waals surface area contributed by atoms with Gasteiger partial charge in [-0.05, 0) is 116 Å². The first kappa shape index (κ1) is 27.3. The highest BCUT2D eigenvalue weighted by Crippen LogP contribution is 2.68. The quantitative estimate of drug-likeness (QED) is 0.312. The highest BCUT2D eigenvalue weighted by molar-refractivity contribution is 5.72. The summed E-state index contributed by atoms with van der Waals surface area (Å²) < 4.78 is 5.61. The van der Waals surface area contributed by atoms with E-state index in [2.05, 4.69) is 27.7 Å². The SMILES string of the molecule is CC(CCC[C@@H](C)[C@H]1CC[C@H]2[C@@H]3CCC4CCCC[C@]4(C)[C@H]3CC[C@]12C)COC(=O)Cc1ccccc1. The van der Waals surface area contributed by atoms with Crippen LogP contribution in [-0.2, 0) is 16.0 Å². The van der Waals surface area contributed by atoms with E-state index in [1.54, 1.807) is 0 Å². The standard InChI is InChI=1S/C35H54O2/c1-25(24-37-33(36)23-27-13-6-5-7-14-27)11-10-12-26(2)30-18-19-31-29-17-16-28-15-8-9-21-34(28,3)32(29)20-22-35(30,31)4/h5-7,13-14,25-26,28-32H,8-12,15-24H2,1-4H3/t25?,26-,28?,29+,30-,31+,32+,34+,35-/m1/s1. The van der Waals surface area contributed by atoms with Crippen molar-refractivity contribution in [2.24, 2.45) is 52.3 Å². The lowest BCUT2D eigenvalue weighted by Crippen LogP contribution is -2.53. The number of benzene rings is 1. The molecule has 0 bridgehead atoms. The molecule has 4 fully saturated rings. The van der Waals surface area contributed by atoms with Crippen molar-refractivity contribution in [1.82, 2.24) is 0 Å². The molecule has 5 rings (SSSR count). The first-order valence-corrected chi connectivity index (χ1v) is 16.0. The summed E-state index contributed by atoms with van der Waals surface area (Å²) in [6, 6.07) is 9.93. The number of ether oxygens (including phenoxy) is 1. The zero-order chi connectivity index (χ0) is 26.0. The van der Waals surface area contributed by atoms with E-state index in [0.29, 0.717) is 29.8 Å². The molecule has 4 saturated carbocycles. The summed E-state index contributed by atoms with van der Waals surface area (Å²) in [4.78, 5) is 12.2. The van der Waals surface area contributed by atoms with E-state index in [-0.39, 0.29) is 5.97 Å². The molecule has 0 aromatic heterocycles. The lowest BCUT2D eigenvalue weighted by atomic mass is 9.44. The molecule has 1 aromatic rings. The number of carbonyl (C=O) groups excluding carboxylic acids is 1. The first-order chi connectivity index (χ1) is 17.8. The average Bonchev–Trinajstić information content (AvgIpc) is 3.25. The second-order valence-corrected chi connectivity index (χ2v) is 14.5. The molecule has 4 aliphatic carbocycles. The molecule has 9 atom stereocenters. The van der Waals surface area contributed by atoms with E-state index in [9.17, 15) is 4.79 Å². The molecule has 0 amide bonds. The van der Waals surface area contributed by atoms with Crippen molar-refractivity contribution in [1.29, 1.82) is 0 Å². The van der Waals surface area contributed by atoms with Crippen molar-refractivity contribution in [3.05, 3.63) is 35.9 Å². The molecule has 0 saturated heterocycles. The summed E-state index contributed by atoms with van der Waals surface area (Å²) in [5.41, 5.74) is 2.27. The number of fused-ring (bicyclic) bond motifs is 5. The number of rotatable bonds is 9. The summed E-state index contributed by atoms with van der Waals surface area (Å²) in [6.07, 6.45) is 19.2. The van der Waals surface area contributed by atoms with Crippen LogP contribution in [0.2, 0.25) is 0 Å². The average molecular weight is 507 g/mol. The maximum absolute atomic E-state index is 12.2. The Labute approximate surface area is 227 Å². The highest BCUT2D eigenvalue weighted by Gasteiger charge is 2.60. The third-order valence-corrected chi connectivity index (χ3v) is 12.4. The zero-order valence-corrected chi connectivity index (χ0v) is 24.4. The van der Waals surface area contributed by atoms with Gasteiger partial charge in [0.1, 0.15) is 0 Å². The fourth-order valence-corrected chi connectivity index (χ4v) is 10.4. The maximum atomic E-state index is 12.2. The lowest BCUT2D eigenvalue weighted by molar-refractivity contribution is -0.144. The summed E-state index contributed by atoms with van der Waals surface area (Å²) in [5, 5.41) is 0. The first-order valence-electron chi connectivity index (χ1n) is 16.0. The van der Waals surface area contributed by atoms with Gasteiger partial charge < -0.3 is 4.74 Å². The fourth-order valence-electron chi connectivity index (χ4n) is 10.4. The molecule has 4 aliphatic rings. The monoisotopic (exact) mass is 506 g/mol. The van der Waals surface area contributed by atoms with Gasteiger partial charge in [0, 0.05) is 0 Å². The predicted molar refractivity (Wildman–Crippen MR) is 153 cm³/mol. The van der Waals surface area contributed by atoms with E-state index in [4.69, 9.17) is 4.74 Å². The molecule has 1 aromatic carbocycles. The zero-order valence-electron chi connectivity index (χ0n) is 24.4. The predicted octanol–water partition coefficient (Wildman–Crippen LogP) is 9.26. The van der Waals surface area contributed by atoms with Crippen molar-refractivity contribution in [3.63, 3.8) is 0 Å². The number of esters is 1. The number of hydrogen-bond donors (Lipinski definition) is 0. The molecule has 0 aliphatic heterocycles. The Balaban J connectivity index is 1.08. The number of carbonyl (C=O) groups is 1. The number of hydrogen-bond acceptors (Lipinski definition) is 2. The van der Waals surface area contributed by atoms with Crippen molar-refractivity contribution >= 4 is 5.97 Å². The van der Waals surface area contributed by atoms with Gasteiger partial charge in [0.25, 0.3) is 0 Å². The Kier molecular flexibility index (Phi) is 8.42. The molecule has 0 spiro atoms. The maximum Gasteiger partial charge on any atom is 0.310 e. The summed E-state index contributed by atoms with van der Waals surface area (Å²) >= 11 is 0. The van der Waals surface area contributed by atoms with Crippen molar-refractivity contribution in [2.45, 2.75) is 118 Å². The van der Waals surface area contributed by atoms with E-state index < -0.39 is 0 Å². The topological polar surface area (TPSA) is 26.3 Å². The second kappa shape index (κ2) is 11.4. The van der Waals surface area contributed by atoms with Gasteiger partial charge in [-0.3, -0.25) is 4.79 Å². The molecular weight excluding hydrogens is 452 g/mol. The van der Waals surface area contributed by atoms with Gasteiger partial charge in [-0.15, -0.1) is 0 Å². The molecule has 2 nitrogen and oxygen atoms in total. The Morgan fingerprint density at radius 2 is 1.68 bits per heavy atom. The van der Waals surface area contributed by atoms with Gasteiger partial charge in [-0.1, -0.05) is 83.7 Å². The fraction of sp³-hybridized carbons (Fsp3) is 0.800. The normalized spacial score (nSPS) is 38.6. The van der Waals surface area contributed by atoms with Crippen LogP contribution in [0.3, 0.4) is 0 Å². The Hall–Kier alpha value is -1.31.